The van der Waals surface area contributed by atoms with Gasteiger partial charge >= 0.3 is 5.97 Å². The van der Waals surface area contributed by atoms with Crippen molar-refractivity contribution < 1.29 is 19.6 Å². The van der Waals surface area contributed by atoms with E-state index < -0.39 is 10.9 Å². The topological polar surface area (TPSA) is 89.7 Å². The SMILES string of the molecule is O=C1CC(c2ccc([N+](=O)[O-])cc2Cl)c2ccc(O)cc2O1. The highest BCUT2D eigenvalue weighted by atomic mass is 35.5. The zero-order valence-electron chi connectivity index (χ0n) is 11.2. The van der Waals surface area contributed by atoms with Crippen molar-refractivity contribution in [3.8, 4) is 11.5 Å². The number of rotatable bonds is 2. The van der Waals surface area contributed by atoms with Crippen LogP contribution in [-0.2, 0) is 4.79 Å². The van der Waals surface area contributed by atoms with Crippen LogP contribution in [-0.4, -0.2) is 16.0 Å². The number of hydrogen-bond donors (Lipinski definition) is 1. The van der Waals surface area contributed by atoms with Gasteiger partial charge in [-0.25, -0.2) is 0 Å². The van der Waals surface area contributed by atoms with Gasteiger partial charge in [0.05, 0.1) is 16.4 Å². The second kappa shape index (κ2) is 5.31. The van der Waals surface area contributed by atoms with E-state index in [0.717, 1.165) is 0 Å². The Bertz CT molecular complexity index is 789. The summed E-state index contributed by atoms with van der Waals surface area (Å²) in [7, 11) is 0. The van der Waals surface area contributed by atoms with Gasteiger partial charge in [-0.2, -0.15) is 0 Å². The third-order valence-corrected chi connectivity index (χ3v) is 3.86. The number of nitro benzene ring substituents is 1. The number of carbonyl (C=O) groups is 1. The third-order valence-electron chi connectivity index (χ3n) is 3.54. The molecule has 0 saturated carbocycles. The number of halogens is 1. The normalized spacial score (nSPS) is 16.8. The van der Waals surface area contributed by atoms with E-state index in [1.165, 1.54) is 24.3 Å². The molecule has 2 aromatic rings. The lowest BCUT2D eigenvalue weighted by atomic mass is 9.86. The second-order valence-corrected chi connectivity index (χ2v) is 5.32. The predicted octanol–water partition coefficient (Wildman–Crippen LogP) is 3.39. The molecular weight excluding hydrogens is 310 g/mol. The van der Waals surface area contributed by atoms with Gasteiger partial charge in [0.2, 0.25) is 0 Å². The maximum Gasteiger partial charge on any atom is 0.312 e. The minimum atomic E-state index is -0.531. The van der Waals surface area contributed by atoms with Crippen molar-refractivity contribution in [2.45, 2.75) is 12.3 Å². The Kier molecular flexibility index (Phi) is 3.46. The maximum absolute atomic E-state index is 11.8. The summed E-state index contributed by atoms with van der Waals surface area (Å²) in [5, 5.41) is 20.5. The van der Waals surface area contributed by atoms with Gasteiger partial charge in [0.15, 0.2) is 0 Å². The van der Waals surface area contributed by atoms with Gasteiger partial charge in [-0.1, -0.05) is 23.7 Å². The lowest BCUT2D eigenvalue weighted by Crippen LogP contribution is -2.21. The molecule has 0 spiro atoms. The Labute approximate surface area is 130 Å². The average Bonchev–Trinajstić information content (AvgIpc) is 2.45. The molecule has 1 unspecified atom stereocenters. The highest BCUT2D eigenvalue weighted by Crippen LogP contribution is 2.42. The summed E-state index contributed by atoms with van der Waals surface area (Å²) in [5.41, 5.74) is 1.20. The summed E-state index contributed by atoms with van der Waals surface area (Å²) in [5.74, 6) is -0.555. The fourth-order valence-electron chi connectivity index (χ4n) is 2.53. The van der Waals surface area contributed by atoms with Crippen molar-refractivity contribution in [2.75, 3.05) is 0 Å². The van der Waals surface area contributed by atoms with Crippen LogP contribution in [0, 0.1) is 10.1 Å². The highest BCUT2D eigenvalue weighted by molar-refractivity contribution is 6.31. The molecule has 2 aromatic carbocycles. The van der Waals surface area contributed by atoms with E-state index in [4.69, 9.17) is 16.3 Å². The molecule has 0 saturated heterocycles. The van der Waals surface area contributed by atoms with Gasteiger partial charge in [-0.15, -0.1) is 0 Å². The van der Waals surface area contributed by atoms with Gasteiger partial charge in [0.25, 0.3) is 5.69 Å². The Morgan fingerprint density at radius 1 is 1.23 bits per heavy atom. The van der Waals surface area contributed by atoms with E-state index in [0.29, 0.717) is 11.1 Å². The molecule has 0 aromatic heterocycles. The van der Waals surface area contributed by atoms with E-state index in [1.807, 2.05) is 0 Å². The number of esters is 1. The molecule has 3 rings (SSSR count). The first-order valence-electron chi connectivity index (χ1n) is 6.43. The number of aromatic hydroxyl groups is 1. The molecule has 0 fully saturated rings. The van der Waals surface area contributed by atoms with Crippen LogP contribution in [0.4, 0.5) is 5.69 Å². The molecule has 6 nitrogen and oxygen atoms in total. The van der Waals surface area contributed by atoms with Crippen LogP contribution in [0.5, 0.6) is 11.5 Å². The average molecular weight is 320 g/mol. The first-order chi connectivity index (χ1) is 10.5. The van der Waals surface area contributed by atoms with Crippen LogP contribution < -0.4 is 4.74 Å². The maximum atomic E-state index is 11.8. The second-order valence-electron chi connectivity index (χ2n) is 4.92. The minimum absolute atomic E-state index is 0.0120. The first-order valence-corrected chi connectivity index (χ1v) is 6.81. The van der Waals surface area contributed by atoms with Crippen molar-refractivity contribution >= 4 is 23.3 Å². The van der Waals surface area contributed by atoms with E-state index in [-0.39, 0.29) is 34.5 Å². The quantitative estimate of drug-likeness (QED) is 0.396. The Hall–Kier alpha value is -2.60. The van der Waals surface area contributed by atoms with Gasteiger partial charge < -0.3 is 9.84 Å². The fourth-order valence-corrected chi connectivity index (χ4v) is 2.84. The van der Waals surface area contributed by atoms with Crippen molar-refractivity contribution in [3.05, 3.63) is 62.7 Å². The molecule has 112 valence electrons. The van der Waals surface area contributed by atoms with Gasteiger partial charge in [-0.05, 0) is 11.6 Å². The number of hydrogen-bond acceptors (Lipinski definition) is 5. The molecule has 0 amide bonds. The van der Waals surface area contributed by atoms with Crippen LogP contribution in [0.15, 0.2) is 36.4 Å². The molecule has 1 atom stereocenters. The lowest BCUT2D eigenvalue weighted by Gasteiger charge is -2.25. The van der Waals surface area contributed by atoms with Crippen LogP contribution >= 0.6 is 11.6 Å². The lowest BCUT2D eigenvalue weighted by molar-refractivity contribution is -0.384. The minimum Gasteiger partial charge on any atom is -0.508 e. The van der Waals surface area contributed by atoms with Crippen LogP contribution in [0.25, 0.3) is 0 Å². The van der Waals surface area contributed by atoms with Gasteiger partial charge in [0, 0.05) is 29.7 Å². The number of ether oxygens (including phenoxy) is 1. The molecule has 0 bridgehead atoms. The van der Waals surface area contributed by atoms with E-state index >= 15 is 0 Å². The van der Waals surface area contributed by atoms with E-state index in [1.54, 1.807) is 12.1 Å². The zero-order valence-corrected chi connectivity index (χ0v) is 11.9. The Morgan fingerprint density at radius 3 is 2.64 bits per heavy atom. The molecule has 7 heteroatoms. The van der Waals surface area contributed by atoms with Crippen molar-refractivity contribution in [3.63, 3.8) is 0 Å². The monoisotopic (exact) mass is 319 g/mol. The van der Waals surface area contributed by atoms with Crippen molar-refractivity contribution in [1.29, 1.82) is 0 Å². The third kappa shape index (κ3) is 2.48. The summed E-state index contributed by atoms with van der Waals surface area (Å²) in [6.45, 7) is 0. The largest absolute Gasteiger partial charge is 0.508 e. The smallest absolute Gasteiger partial charge is 0.312 e. The van der Waals surface area contributed by atoms with E-state index in [9.17, 15) is 20.0 Å². The summed E-state index contributed by atoms with van der Waals surface area (Å²) in [6, 6.07) is 8.65. The molecule has 22 heavy (non-hydrogen) atoms. The number of carbonyl (C=O) groups excluding carboxylic acids is 1. The first kappa shape index (κ1) is 14.3. The number of nitro groups is 1. The summed E-state index contributed by atoms with van der Waals surface area (Å²) < 4.78 is 5.12. The zero-order chi connectivity index (χ0) is 15.9. The van der Waals surface area contributed by atoms with Gasteiger partial charge in [0.1, 0.15) is 11.5 Å². The van der Waals surface area contributed by atoms with Crippen molar-refractivity contribution in [2.24, 2.45) is 0 Å². The molecule has 1 N–H and O–H groups in total. The Morgan fingerprint density at radius 2 is 1.95 bits per heavy atom. The Balaban J connectivity index is 2.09. The molecule has 1 aliphatic rings. The number of non-ortho nitro benzene ring substituents is 1. The molecular formula is C15H10ClNO5. The highest BCUT2D eigenvalue weighted by Gasteiger charge is 2.30. The molecule has 0 aliphatic carbocycles. The number of benzene rings is 2. The number of phenols is 1. The summed E-state index contributed by atoms with van der Waals surface area (Å²) >= 11 is 6.15. The standard InChI is InChI=1S/C15H10ClNO5/c16-13-5-8(17(20)21)1-3-10(13)12-7-15(19)22-14-6-9(18)2-4-11(12)14/h1-6,12,18H,7H2. The van der Waals surface area contributed by atoms with Crippen LogP contribution in [0.2, 0.25) is 5.02 Å². The van der Waals surface area contributed by atoms with Crippen LogP contribution in [0.1, 0.15) is 23.5 Å². The fraction of sp³-hybridized carbons (Fsp3) is 0.133. The predicted molar refractivity (Wildman–Crippen MR) is 78.3 cm³/mol. The number of nitrogens with zero attached hydrogens (tertiary/aromatic N) is 1. The summed E-state index contributed by atoms with van der Waals surface area (Å²) in [4.78, 5) is 22.0. The molecule has 1 heterocycles. The molecule has 1 aliphatic heterocycles. The number of phenolic OH excluding ortho intramolecular Hbond substituents is 1. The van der Waals surface area contributed by atoms with Crippen LogP contribution in [0.3, 0.4) is 0 Å². The van der Waals surface area contributed by atoms with Crippen molar-refractivity contribution in [1.82, 2.24) is 0 Å². The summed E-state index contributed by atoms with van der Waals surface area (Å²) in [6.07, 6.45) is 0.0787. The van der Waals surface area contributed by atoms with Gasteiger partial charge in [-0.3, -0.25) is 14.9 Å². The molecule has 0 radical (unpaired) electrons. The number of fused-ring (bicyclic) bond motifs is 1. The van der Waals surface area contributed by atoms with E-state index in [2.05, 4.69) is 0 Å².